The Hall–Kier alpha value is -1.31. The number of nitrogens with zero attached hydrogens (tertiary/aromatic N) is 4. The number of hydrogen-bond acceptors (Lipinski definition) is 6. The molecule has 1 fully saturated rings. The first-order valence-corrected chi connectivity index (χ1v) is 8.65. The van der Waals surface area contributed by atoms with Crippen LogP contribution in [-0.4, -0.2) is 48.3 Å². The van der Waals surface area contributed by atoms with Gasteiger partial charge in [-0.1, -0.05) is 12.8 Å². The fraction of sp³-hybridized carbons (Fsp3) is 0.818. The predicted octanol–water partition coefficient (Wildman–Crippen LogP) is 0.285. The van der Waals surface area contributed by atoms with E-state index in [9.17, 15) is 8.42 Å². The first-order chi connectivity index (χ1) is 8.96. The molecule has 1 aromatic rings. The number of anilines is 2. The van der Waals surface area contributed by atoms with Crippen molar-refractivity contribution in [1.29, 1.82) is 0 Å². The average molecular weight is 287 g/mol. The third-order valence-electron chi connectivity index (χ3n) is 3.25. The molecule has 108 valence electrons. The van der Waals surface area contributed by atoms with Crippen LogP contribution in [0.25, 0.3) is 0 Å². The van der Waals surface area contributed by atoms with Crippen molar-refractivity contribution in [1.82, 2.24) is 14.8 Å². The van der Waals surface area contributed by atoms with Crippen LogP contribution in [0.5, 0.6) is 0 Å². The van der Waals surface area contributed by atoms with Gasteiger partial charge in [0.05, 0.1) is 12.3 Å². The molecule has 0 radical (unpaired) electrons. The SMILES string of the molecule is CS(=O)(=O)CCn1nc(N2CCCCCC2)nc1N. The van der Waals surface area contributed by atoms with Crippen LogP contribution in [0.2, 0.25) is 0 Å². The summed E-state index contributed by atoms with van der Waals surface area (Å²) in [6.45, 7) is 2.14. The zero-order valence-electron chi connectivity index (χ0n) is 11.2. The van der Waals surface area contributed by atoms with E-state index in [1.807, 2.05) is 0 Å². The van der Waals surface area contributed by atoms with Gasteiger partial charge in [0.2, 0.25) is 11.9 Å². The minimum absolute atomic E-state index is 0.0278. The summed E-state index contributed by atoms with van der Waals surface area (Å²) < 4.78 is 23.8. The zero-order valence-corrected chi connectivity index (χ0v) is 12.1. The maximum Gasteiger partial charge on any atom is 0.246 e. The highest BCUT2D eigenvalue weighted by atomic mass is 32.2. The molecule has 0 aromatic carbocycles. The Balaban J connectivity index is 2.06. The lowest BCUT2D eigenvalue weighted by molar-refractivity contribution is 0.587. The monoisotopic (exact) mass is 287 g/mol. The van der Waals surface area contributed by atoms with Gasteiger partial charge in [0.25, 0.3) is 0 Å². The molecule has 19 heavy (non-hydrogen) atoms. The summed E-state index contributed by atoms with van der Waals surface area (Å²) in [5.41, 5.74) is 5.78. The number of hydrogen-bond donors (Lipinski definition) is 1. The Bertz CT molecular complexity index is 517. The highest BCUT2D eigenvalue weighted by Gasteiger charge is 2.16. The molecule has 1 saturated heterocycles. The second-order valence-corrected chi connectivity index (χ2v) is 7.28. The lowest BCUT2D eigenvalue weighted by Gasteiger charge is -2.17. The Morgan fingerprint density at radius 2 is 1.84 bits per heavy atom. The van der Waals surface area contributed by atoms with Gasteiger partial charge in [-0.15, -0.1) is 5.10 Å². The van der Waals surface area contributed by atoms with E-state index in [1.54, 1.807) is 0 Å². The van der Waals surface area contributed by atoms with Crippen molar-refractivity contribution in [3.8, 4) is 0 Å². The van der Waals surface area contributed by atoms with Crippen molar-refractivity contribution in [2.24, 2.45) is 0 Å². The molecule has 0 bridgehead atoms. The van der Waals surface area contributed by atoms with E-state index < -0.39 is 9.84 Å². The molecular formula is C11H21N5O2S. The smallest absolute Gasteiger partial charge is 0.246 e. The number of rotatable bonds is 4. The van der Waals surface area contributed by atoms with Gasteiger partial charge in [-0.25, -0.2) is 13.1 Å². The molecule has 0 unspecified atom stereocenters. The number of sulfone groups is 1. The van der Waals surface area contributed by atoms with Crippen molar-refractivity contribution < 1.29 is 8.42 Å². The highest BCUT2D eigenvalue weighted by molar-refractivity contribution is 7.90. The third-order valence-corrected chi connectivity index (χ3v) is 4.18. The standard InChI is InChI=1S/C11H21N5O2S/c1-19(17,18)9-8-16-10(12)13-11(14-16)15-6-4-2-3-5-7-15/h2-9H2,1H3,(H2,12,13,14). The summed E-state index contributed by atoms with van der Waals surface area (Å²) in [5, 5.41) is 4.32. The molecule has 2 heterocycles. The molecule has 1 aliphatic rings. The molecule has 1 aliphatic heterocycles. The van der Waals surface area contributed by atoms with Crippen molar-refractivity contribution in [2.45, 2.75) is 32.2 Å². The summed E-state index contributed by atoms with van der Waals surface area (Å²) in [7, 11) is -3.02. The average Bonchev–Trinajstić information content (AvgIpc) is 2.54. The summed E-state index contributed by atoms with van der Waals surface area (Å²) in [6, 6.07) is 0. The topological polar surface area (TPSA) is 94.1 Å². The number of nitrogen functional groups attached to an aromatic ring is 1. The van der Waals surface area contributed by atoms with Crippen molar-refractivity contribution in [3.05, 3.63) is 0 Å². The molecule has 0 saturated carbocycles. The fourth-order valence-electron chi connectivity index (χ4n) is 2.16. The second-order valence-electron chi connectivity index (χ2n) is 5.02. The lowest BCUT2D eigenvalue weighted by Crippen LogP contribution is -2.25. The molecular weight excluding hydrogens is 266 g/mol. The molecule has 0 spiro atoms. The van der Waals surface area contributed by atoms with E-state index in [-0.39, 0.29) is 18.2 Å². The van der Waals surface area contributed by atoms with Crippen molar-refractivity contribution >= 4 is 21.7 Å². The van der Waals surface area contributed by atoms with Gasteiger partial charge in [-0.05, 0) is 12.8 Å². The third kappa shape index (κ3) is 4.09. The summed E-state index contributed by atoms with van der Waals surface area (Å²) in [5.74, 6) is 0.927. The Morgan fingerprint density at radius 3 is 2.42 bits per heavy atom. The zero-order chi connectivity index (χ0) is 13.9. The molecule has 2 N–H and O–H groups in total. The highest BCUT2D eigenvalue weighted by Crippen LogP contribution is 2.17. The van der Waals surface area contributed by atoms with Gasteiger partial charge in [0.15, 0.2) is 0 Å². The molecule has 0 atom stereocenters. The first kappa shape index (κ1) is 14.1. The summed E-state index contributed by atoms with van der Waals surface area (Å²) in [6.07, 6.45) is 5.95. The van der Waals surface area contributed by atoms with E-state index in [2.05, 4.69) is 15.0 Å². The van der Waals surface area contributed by atoms with Gasteiger partial charge in [0.1, 0.15) is 9.84 Å². The summed E-state index contributed by atoms with van der Waals surface area (Å²) in [4.78, 5) is 6.36. The number of aromatic nitrogens is 3. The summed E-state index contributed by atoms with van der Waals surface area (Å²) >= 11 is 0. The fourth-order valence-corrected chi connectivity index (χ4v) is 2.67. The quantitative estimate of drug-likeness (QED) is 0.855. The van der Waals surface area contributed by atoms with Gasteiger partial charge in [-0.2, -0.15) is 4.98 Å². The van der Waals surface area contributed by atoms with Gasteiger partial charge < -0.3 is 10.6 Å². The van der Waals surface area contributed by atoms with E-state index >= 15 is 0 Å². The number of aryl methyl sites for hydroxylation is 1. The molecule has 0 amide bonds. The molecule has 0 aliphatic carbocycles. The number of nitrogens with two attached hydrogens (primary N) is 1. The molecule has 7 nitrogen and oxygen atoms in total. The molecule has 1 aromatic heterocycles. The predicted molar refractivity (Wildman–Crippen MR) is 74.8 cm³/mol. The van der Waals surface area contributed by atoms with E-state index in [0.717, 1.165) is 25.9 Å². The maximum atomic E-state index is 11.2. The van der Waals surface area contributed by atoms with Crippen LogP contribution >= 0.6 is 0 Å². The Kier molecular flexibility index (Phi) is 4.28. The van der Waals surface area contributed by atoms with Crippen LogP contribution in [0.1, 0.15) is 25.7 Å². The molecule has 2 rings (SSSR count). The Morgan fingerprint density at radius 1 is 1.21 bits per heavy atom. The van der Waals surface area contributed by atoms with Gasteiger partial charge >= 0.3 is 0 Å². The normalized spacial score (nSPS) is 17.4. The van der Waals surface area contributed by atoms with Crippen molar-refractivity contribution in [2.75, 3.05) is 35.7 Å². The van der Waals surface area contributed by atoms with Crippen LogP contribution in [0, 0.1) is 0 Å². The minimum Gasteiger partial charge on any atom is -0.368 e. The first-order valence-electron chi connectivity index (χ1n) is 6.59. The van der Waals surface area contributed by atoms with Crippen molar-refractivity contribution in [3.63, 3.8) is 0 Å². The van der Waals surface area contributed by atoms with Crippen LogP contribution < -0.4 is 10.6 Å². The van der Waals surface area contributed by atoms with Gasteiger partial charge in [-0.3, -0.25) is 0 Å². The Labute approximate surface area is 113 Å². The van der Waals surface area contributed by atoms with Crippen LogP contribution in [-0.2, 0) is 16.4 Å². The van der Waals surface area contributed by atoms with Crippen LogP contribution in [0.3, 0.4) is 0 Å². The largest absolute Gasteiger partial charge is 0.368 e. The van der Waals surface area contributed by atoms with E-state index in [1.165, 1.54) is 23.8 Å². The van der Waals surface area contributed by atoms with E-state index in [0.29, 0.717) is 5.95 Å². The lowest BCUT2D eigenvalue weighted by atomic mass is 10.2. The maximum absolute atomic E-state index is 11.2. The van der Waals surface area contributed by atoms with Crippen LogP contribution in [0.15, 0.2) is 0 Å². The molecule has 8 heteroatoms. The second kappa shape index (κ2) is 5.77. The van der Waals surface area contributed by atoms with E-state index in [4.69, 9.17) is 5.73 Å². The minimum atomic E-state index is -3.02. The van der Waals surface area contributed by atoms with Crippen LogP contribution in [0.4, 0.5) is 11.9 Å². The van der Waals surface area contributed by atoms with Gasteiger partial charge in [0, 0.05) is 19.3 Å².